The lowest BCUT2D eigenvalue weighted by Crippen LogP contribution is -2.02. The van der Waals surface area contributed by atoms with Gasteiger partial charge in [0.2, 0.25) is 11.6 Å². The number of hydrogen-bond acceptors (Lipinski definition) is 14. The van der Waals surface area contributed by atoms with E-state index in [9.17, 15) is 20.2 Å². The molecule has 2 unspecified atom stereocenters. The van der Waals surface area contributed by atoms with Gasteiger partial charge in [-0.3, -0.25) is 25.3 Å². The number of anilines is 2. The van der Waals surface area contributed by atoms with Crippen molar-refractivity contribution in [2.75, 3.05) is 24.7 Å². The van der Waals surface area contributed by atoms with Gasteiger partial charge in [0.15, 0.2) is 5.82 Å². The van der Waals surface area contributed by atoms with Crippen LogP contribution in [0.2, 0.25) is 0 Å². The van der Waals surface area contributed by atoms with Crippen LogP contribution in [0.25, 0.3) is 28.1 Å². The number of aromatic amines is 1. The molecule has 0 saturated heterocycles. The molecule has 0 aromatic carbocycles. The van der Waals surface area contributed by atoms with Gasteiger partial charge in [0, 0.05) is 61.5 Å². The van der Waals surface area contributed by atoms with E-state index in [-0.39, 0.29) is 42.1 Å². The van der Waals surface area contributed by atoms with Gasteiger partial charge in [-0.15, -0.1) is 0 Å². The van der Waals surface area contributed by atoms with Gasteiger partial charge in [-0.25, -0.2) is 24.6 Å². The summed E-state index contributed by atoms with van der Waals surface area (Å²) >= 11 is 3.31. The molecule has 0 bridgehead atoms. The van der Waals surface area contributed by atoms with Crippen LogP contribution in [0.15, 0.2) is 90.6 Å². The lowest BCUT2D eigenvalue weighted by atomic mass is 9.99. The van der Waals surface area contributed by atoms with Crippen LogP contribution in [0.1, 0.15) is 49.7 Å². The summed E-state index contributed by atoms with van der Waals surface area (Å²) in [6.07, 6.45) is 14.0. The highest BCUT2D eigenvalue weighted by Gasteiger charge is 2.22. The number of nitrogens with one attached hydrogen (secondary N) is 1. The Balaban J connectivity index is 0.000000196. The number of H-pyrrole nitrogens is 1. The summed E-state index contributed by atoms with van der Waals surface area (Å²) in [5.41, 5.74) is 14.8. The number of nitrogens with two attached hydrogens (primary N) is 2. The van der Waals surface area contributed by atoms with Crippen molar-refractivity contribution >= 4 is 38.9 Å². The first kappa shape index (κ1) is 39.6. The van der Waals surface area contributed by atoms with E-state index in [2.05, 4.69) is 58.1 Å². The van der Waals surface area contributed by atoms with E-state index >= 15 is 0 Å². The van der Waals surface area contributed by atoms with Crippen molar-refractivity contribution in [3.63, 3.8) is 0 Å². The van der Waals surface area contributed by atoms with Gasteiger partial charge in [0.05, 0.1) is 33.4 Å². The predicted octanol–water partition coefficient (Wildman–Crippen LogP) is 5.60. The number of pyridine rings is 4. The topological polar surface area (TPSA) is 277 Å². The van der Waals surface area contributed by atoms with E-state index < -0.39 is 9.85 Å². The molecule has 0 spiro atoms. The van der Waals surface area contributed by atoms with Crippen LogP contribution in [-0.2, 0) is 0 Å². The van der Waals surface area contributed by atoms with Gasteiger partial charge >= 0.3 is 11.4 Å². The summed E-state index contributed by atoms with van der Waals surface area (Å²) in [6, 6.07) is 10.8. The van der Waals surface area contributed by atoms with Crippen LogP contribution in [0.4, 0.5) is 23.0 Å². The van der Waals surface area contributed by atoms with Crippen molar-refractivity contribution in [2.24, 2.45) is 0 Å². The summed E-state index contributed by atoms with van der Waals surface area (Å²) in [7, 11) is 0. The van der Waals surface area contributed by atoms with E-state index in [1.54, 1.807) is 29.5 Å². The maximum atomic E-state index is 11.3. The van der Waals surface area contributed by atoms with E-state index in [1.165, 1.54) is 42.5 Å². The molecule has 0 amide bonds. The Morgan fingerprint density at radius 3 is 1.83 bits per heavy atom. The maximum Gasteiger partial charge on any atom is 0.319 e. The first-order valence-electron chi connectivity index (χ1n) is 16.1. The van der Waals surface area contributed by atoms with Gasteiger partial charge in [0.1, 0.15) is 4.60 Å². The molecule has 0 aliphatic carbocycles. The lowest BCUT2D eigenvalue weighted by molar-refractivity contribution is -0.383. The number of rotatable bonds is 11. The summed E-state index contributed by atoms with van der Waals surface area (Å²) < 4.78 is 2.40. The summed E-state index contributed by atoms with van der Waals surface area (Å²) in [5, 5.41) is 50.5. The Morgan fingerprint density at radius 2 is 1.32 bits per heavy atom. The molecule has 7 N–H and O–H groups in total. The summed E-state index contributed by atoms with van der Waals surface area (Å²) in [4.78, 5) is 36.8. The number of nitrogens with zero attached hydrogens (tertiary/aromatic N) is 9. The SMILES string of the molecule is CC(CCO)c1ccnc(-n2cc(-c3ccnc(N)c3[N+](=O)[O-])cn2)c1.CC(CCO)c1ccnc(Br)c1.Nc1nccc(-c2cn[nH]c2)c1[N+](=O)[O-]. The van der Waals surface area contributed by atoms with Gasteiger partial charge in [-0.05, 0) is 88.1 Å². The number of halogens is 1. The number of hydrogen-bond donors (Lipinski definition) is 5. The minimum atomic E-state index is -0.551. The lowest BCUT2D eigenvalue weighted by Gasteiger charge is -2.11. The van der Waals surface area contributed by atoms with Crippen molar-refractivity contribution in [2.45, 2.75) is 38.5 Å². The molecule has 0 fully saturated rings. The highest BCUT2D eigenvalue weighted by Crippen LogP contribution is 2.34. The van der Waals surface area contributed by atoms with Crippen LogP contribution in [0.3, 0.4) is 0 Å². The maximum absolute atomic E-state index is 11.3. The third-order valence-corrected chi connectivity index (χ3v) is 8.42. The Bertz CT molecular complexity index is 2130. The first-order chi connectivity index (χ1) is 25.4. The Labute approximate surface area is 311 Å². The van der Waals surface area contributed by atoms with Crippen molar-refractivity contribution in [3.05, 3.63) is 122 Å². The second-order valence-corrected chi connectivity index (χ2v) is 12.4. The largest absolute Gasteiger partial charge is 0.396 e. The van der Waals surface area contributed by atoms with E-state index in [4.69, 9.17) is 21.7 Å². The summed E-state index contributed by atoms with van der Waals surface area (Å²) in [6.45, 7) is 4.46. The number of aromatic nitrogens is 8. The Hall–Kier alpha value is -6.18. The molecular weight excluding hydrogens is 752 g/mol. The fraction of sp³-hybridized carbons (Fsp3) is 0.235. The van der Waals surface area contributed by atoms with Crippen molar-refractivity contribution in [1.29, 1.82) is 0 Å². The molecule has 0 aliphatic rings. The third kappa shape index (κ3) is 10.4. The molecular formula is C34H37BrN12O6. The van der Waals surface area contributed by atoms with Crippen molar-refractivity contribution < 1.29 is 20.1 Å². The molecule has 6 heterocycles. The normalized spacial score (nSPS) is 11.7. The second-order valence-electron chi connectivity index (χ2n) is 11.5. The minimum Gasteiger partial charge on any atom is -0.396 e. The van der Waals surface area contributed by atoms with Gasteiger partial charge in [-0.1, -0.05) is 13.8 Å². The monoisotopic (exact) mass is 788 g/mol. The fourth-order valence-corrected chi connectivity index (χ4v) is 5.47. The van der Waals surface area contributed by atoms with E-state index in [0.29, 0.717) is 40.4 Å². The van der Waals surface area contributed by atoms with E-state index in [1.807, 2.05) is 31.2 Å². The number of aliphatic hydroxyl groups is 2. The van der Waals surface area contributed by atoms with Crippen LogP contribution in [-0.4, -0.2) is 73.2 Å². The highest BCUT2D eigenvalue weighted by atomic mass is 79.9. The smallest absolute Gasteiger partial charge is 0.319 e. The standard InChI is InChI=1S/C17H18N6O3.C9H12BrNO.C8H7N5O2/c1-11(4-7-24)12-2-5-19-15(8-12)22-10-13(9-21-22)14-3-6-20-17(18)16(14)23(25)26;1-7(3-5-12)8-2-4-11-9(10)6-8;9-8-7(13(14)15)6(1-2-10-8)5-3-11-12-4-5/h2-3,5-6,8-11,24H,4,7H2,1H3,(H2,18,20);2,4,6-7,12H,3,5H2,1H3;1-4H,(H2,9,10)(H,11,12). The van der Waals surface area contributed by atoms with Gasteiger partial charge in [-0.2, -0.15) is 10.2 Å². The van der Waals surface area contributed by atoms with Crippen LogP contribution in [0.5, 0.6) is 0 Å². The Kier molecular flexibility index (Phi) is 14.1. The molecule has 19 heteroatoms. The molecule has 6 aromatic rings. The predicted molar refractivity (Wildman–Crippen MR) is 201 cm³/mol. The van der Waals surface area contributed by atoms with Crippen molar-refractivity contribution in [3.8, 4) is 28.1 Å². The number of aliphatic hydroxyl groups excluding tert-OH is 2. The zero-order valence-corrected chi connectivity index (χ0v) is 30.2. The number of nitrogen functional groups attached to an aromatic ring is 2. The molecule has 6 rings (SSSR count). The van der Waals surface area contributed by atoms with Crippen molar-refractivity contribution in [1.82, 2.24) is 39.9 Å². The molecule has 6 aromatic heterocycles. The van der Waals surface area contributed by atoms with Crippen LogP contribution in [0, 0.1) is 20.2 Å². The average Bonchev–Trinajstić information content (AvgIpc) is 3.86. The molecule has 0 aliphatic heterocycles. The third-order valence-electron chi connectivity index (χ3n) is 7.99. The molecule has 276 valence electrons. The zero-order chi connectivity index (χ0) is 38.5. The molecule has 0 saturated carbocycles. The molecule has 18 nitrogen and oxygen atoms in total. The second kappa shape index (κ2) is 18.9. The minimum absolute atomic E-state index is 0.0984. The van der Waals surface area contributed by atoms with Gasteiger partial charge in [0.25, 0.3) is 0 Å². The van der Waals surface area contributed by atoms with Gasteiger partial charge < -0.3 is 21.7 Å². The number of nitro groups is 2. The first-order valence-corrected chi connectivity index (χ1v) is 16.9. The zero-order valence-electron chi connectivity index (χ0n) is 28.7. The van der Waals surface area contributed by atoms with Crippen LogP contribution < -0.4 is 11.5 Å². The molecule has 53 heavy (non-hydrogen) atoms. The molecule has 2 atom stereocenters. The molecule has 0 radical (unpaired) electrons. The highest BCUT2D eigenvalue weighted by molar-refractivity contribution is 9.10. The van der Waals surface area contributed by atoms with Crippen LogP contribution >= 0.6 is 15.9 Å². The summed E-state index contributed by atoms with van der Waals surface area (Å²) in [5.74, 6) is 0.923. The quantitative estimate of drug-likeness (QED) is 0.0607. The Morgan fingerprint density at radius 1 is 0.792 bits per heavy atom. The average molecular weight is 790 g/mol. The fourth-order valence-electron chi connectivity index (χ4n) is 5.09. The van der Waals surface area contributed by atoms with E-state index in [0.717, 1.165) is 16.6 Å².